The van der Waals surface area contributed by atoms with E-state index in [-0.39, 0.29) is 0 Å². The number of halogens is 2. The average molecular weight is 287 g/mol. The monoisotopic (exact) mass is 286 g/mol. The van der Waals surface area contributed by atoms with Crippen molar-refractivity contribution in [2.45, 2.75) is 25.8 Å². The van der Waals surface area contributed by atoms with Gasteiger partial charge in [0.05, 0.1) is 10.7 Å². The first kappa shape index (κ1) is 14.0. The molecule has 0 N–H and O–H groups in total. The van der Waals surface area contributed by atoms with Gasteiger partial charge in [-0.2, -0.15) is 0 Å². The second-order valence-electron chi connectivity index (χ2n) is 4.80. The predicted octanol–water partition coefficient (Wildman–Crippen LogP) is 3.61. The van der Waals surface area contributed by atoms with Crippen LogP contribution < -0.4 is 4.90 Å². The third-order valence-corrected chi connectivity index (χ3v) is 4.29. The maximum atomic E-state index is 6.35. The number of para-hydroxylation sites is 1. The van der Waals surface area contributed by atoms with Crippen LogP contribution in [0.15, 0.2) is 18.2 Å². The molecule has 0 aromatic heterocycles. The molecule has 0 saturated carbocycles. The summed E-state index contributed by atoms with van der Waals surface area (Å²) in [6.45, 7) is 8.72. The highest BCUT2D eigenvalue weighted by molar-refractivity contribution is 6.33. The standard InChI is InChI=1S/C14H20Cl2N2/c1-3-17-7-8-18(10-11(17)2)14-12(9-15)5-4-6-13(14)16/h4-6,11H,3,7-10H2,1-2H3. The van der Waals surface area contributed by atoms with Crippen molar-refractivity contribution in [3.63, 3.8) is 0 Å². The zero-order chi connectivity index (χ0) is 13.1. The molecule has 1 aromatic rings. The number of benzene rings is 1. The van der Waals surface area contributed by atoms with Gasteiger partial charge in [0.1, 0.15) is 0 Å². The van der Waals surface area contributed by atoms with Crippen molar-refractivity contribution in [3.8, 4) is 0 Å². The number of alkyl halides is 1. The fourth-order valence-electron chi connectivity index (χ4n) is 2.69. The highest BCUT2D eigenvalue weighted by atomic mass is 35.5. The van der Waals surface area contributed by atoms with E-state index in [1.54, 1.807) is 0 Å². The quantitative estimate of drug-likeness (QED) is 0.784. The van der Waals surface area contributed by atoms with Gasteiger partial charge in [-0.1, -0.05) is 30.7 Å². The molecule has 1 atom stereocenters. The van der Waals surface area contributed by atoms with Crippen molar-refractivity contribution in [1.29, 1.82) is 0 Å². The Labute approximate surface area is 119 Å². The Balaban J connectivity index is 2.23. The lowest BCUT2D eigenvalue weighted by molar-refractivity contribution is 0.199. The van der Waals surface area contributed by atoms with Crippen molar-refractivity contribution < 1.29 is 0 Å². The molecule has 2 nitrogen and oxygen atoms in total. The van der Waals surface area contributed by atoms with E-state index in [0.29, 0.717) is 11.9 Å². The predicted molar refractivity (Wildman–Crippen MR) is 79.9 cm³/mol. The average Bonchev–Trinajstić information content (AvgIpc) is 2.38. The van der Waals surface area contributed by atoms with E-state index in [1.165, 1.54) is 0 Å². The summed E-state index contributed by atoms with van der Waals surface area (Å²) in [5.41, 5.74) is 2.25. The number of hydrogen-bond donors (Lipinski definition) is 0. The summed E-state index contributed by atoms with van der Waals surface area (Å²) >= 11 is 12.4. The molecule has 18 heavy (non-hydrogen) atoms. The van der Waals surface area contributed by atoms with Gasteiger partial charge in [0.25, 0.3) is 0 Å². The van der Waals surface area contributed by atoms with E-state index in [1.807, 2.05) is 12.1 Å². The summed E-state index contributed by atoms with van der Waals surface area (Å²) in [4.78, 5) is 4.87. The van der Waals surface area contributed by atoms with Gasteiger partial charge in [-0.05, 0) is 25.1 Å². The molecule has 1 heterocycles. The summed E-state index contributed by atoms with van der Waals surface area (Å²) < 4.78 is 0. The molecule has 4 heteroatoms. The molecule has 1 saturated heterocycles. The minimum atomic E-state index is 0.512. The van der Waals surface area contributed by atoms with Crippen LogP contribution in [0.4, 0.5) is 5.69 Å². The van der Waals surface area contributed by atoms with E-state index in [0.717, 1.165) is 42.5 Å². The van der Waals surface area contributed by atoms with Gasteiger partial charge in [-0.25, -0.2) is 0 Å². The first-order valence-electron chi connectivity index (χ1n) is 6.49. The van der Waals surface area contributed by atoms with Crippen LogP contribution in [0.5, 0.6) is 0 Å². The van der Waals surface area contributed by atoms with Gasteiger partial charge in [-0.15, -0.1) is 11.6 Å². The highest BCUT2D eigenvalue weighted by Gasteiger charge is 2.24. The Hall–Kier alpha value is -0.440. The number of anilines is 1. The molecule has 0 radical (unpaired) electrons. The van der Waals surface area contributed by atoms with Crippen LogP contribution in [0.25, 0.3) is 0 Å². The molecule has 0 spiro atoms. The third-order valence-electron chi connectivity index (χ3n) is 3.70. The van der Waals surface area contributed by atoms with Crippen LogP contribution in [0, 0.1) is 0 Å². The normalized spacial score (nSPS) is 21.3. The largest absolute Gasteiger partial charge is 0.367 e. The smallest absolute Gasteiger partial charge is 0.0642 e. The van der Waals surface area contributed by atoms with Crippen molar-refractivity contribution in [2.75, 3.05) is 31.1 Å². The van der Waals surface area contributed by atoms with Gasteiger partial charge in [0.15, 0.2) is 0 Å². The molecule has 0 bridgehead atoms. The number of hydrogen-bond acceptors (Lipinski definition) is 2. The van der Waals surface area contributed by atoms with Crippen LogP contribution in [-0.2, 0) is 5.88 Å². The number of nitrogens with zero attached hydrogens (tertiary/aromatic N) is 2. The third kappa shape index (κ3) is 2.76. The topological polar surface area (TPSA) is 6.48 Å². The SMILES string of the molecule is CCN1CCN(c2c(Cl)cccc2CCl)CC1C. The van der Waals surface area contributed by atoms with Gasteiger partial charge >= 0.3 is 0 Å². The van der Waals surface area contributed by atoms with Crippen molar-refractivity contribution >= 4 is 28.9 Å². The van der Waals surface area contributed by atoms with Crippen LogP contribution in [0.1, 0.15) is 19.4 Å². The lowest BCUT2D eigenvalue weighted by Crippen LogP contribution is -2.52. The lowest BCUT2D eigenvalue weighted by atomic mass is 10.1. The molecule has 0 amide bonds. The molecule has 1 fully saturated rings. The number of rotatable bonds is 3. The maximum absolute atomic E-state index is 6.35. The minimum Gasteiger partial charge on any atom is -0.367 e. The fraction of sp³-hybridized carbons (Fsp3) is 0.571. The van der Waals surface area contributed by atoms with Gasteiger partial charge < -0.3 is 4.90 Å². The van der Waals surface area contributed by atoms with Crippen LogP contribution in [-0.4, -0.2) is 37.1 Å². The second-order valence-corrected chi connectivity index (χ2v) is 5.48. The summed E-state index contributed by atoms with van der Waals surface area (Å²) in [7, 11) is 0. The molecular weight excluding hydrogens is 267 g/mol. The van der Waals surface area contributed by atoms with E-state index >= 15 is 0 Å². The van der Waals surface area contributed by atoms with E-state index < -0.39 is 0 Å². The Morgan fingerprint density at radius 2 is 2.11 bits per heavy atom. The zero-order valence-electron chi connectivity index (χ0n) is 11.0. The molecule has 1 aromatic carbocycles. The molecule has 1 aliphatic rings. The molecule has 2 rings (SSSR count). The zero-order valence-corrected chi connectivity index (χ0v) is 12.5. The van der Waals surface area contributed by atoms with Crippen molar-refractivity contribution in [2.24, 2.45) is 0 Å². The fourth-order valence-corrected chi connectivity index (χ4v) is 3.22. The van der Waals surface area contributed by atoms with E-state index in [4.69, 9.17) is 23.2 Å². The number of likely N-dealkylation sites (N-methyl/N-ethyl adjacent to an activating group) is 1. The Morgan fingerprint density at radius 3 is 2.72 bits per heavy atom. The van der Waals surface area contributed by atoms with Crippen LogP contribution >= 0.6 is 23.2 Å². The molecule has 1 unspecified atom stereocenters. The Kier molecular flexibility index (Phi) is 4.77. The maximum Gasteiger partial charge on any atom is 0.0642 e. The van der Waals surface area contributed by atoms with Crippen LogP contribution in [0.2, 0.25) is 5.02 Å². The summed E-state index contributed by atoms with van der Waals surface area (Å²) in [5.74, 6) is 0.512. The Morgan fingerprint density at radius 1 is 1.33 bits per heavy atom. The first-order valence-corrected chi connectivity index (χ1v) is 7.41. The first-order chi connectivity index (χ1) is 8.67. The van der Waals surface area contributed by atoms with Gasteiger partial charge in [-0.3, -0.25) is 4.90 Å². The van der Waals surface area contributed by atoms with Gasteiger partial charge in [0.2, 0.25) is 0 Å². The summed E-state index contributed by atoms with van der Waals surface area (Å²) in [6.07, 6.45) is 0. The Bertz CT molecular complexity index is 409. The van der Waals surface area contributed by atoms with Crippen molar-refractivity contribution in [3.05, 3.63) is 28.8 Å². The van der Waals surface area contributed by atoms with E-state index in [2.05, 4.69) is 29.7 Å². The molecular formula is C14H20Cl2N2. The summed E-state index contributed by atoms with van der Waals surface area (Å²) in [5, 5.41) is 0.810. The van der Waals surface area contributed by atoms with Gasteiger partial charge in [0, 0.05) is 31.6 Å². The summed E-state index contributed by atoms with van der Waals surface area (Å²) in [6, 6.07) is 6.53. The molecule has 1 aliphatic heterocycles. The second kappa shape index (κ2) is 6.14. The lowest BCUT2D eigenvalue weighted by Gasteiger charge is -2.41. The van der Waals surface area contributed by atoms with Crippen LogP contribution in [0.3, 0.4) is 0 Å². The minimum absolute atomic E-state index is 0.512. The van der Waals surface area contributed by atoms with Crippen molar-refractivity contribution in [1.82, 2.24) is 4.90 Å². The van der Waals surface area contributed by atoms with E-state index in [9.17, 15) is 0 Å². The molecule has 0 aliphatic carbocycles. The molecule has 100 valence electrons. The number of piperazine rings is 1. The highest BCUT2D eigenvalue weighted by Crippen LogP contribution is 2.32.